The molecule has 2 N–H and O–H groups in total. The molecule has 0 aliphatic heterocycles. The van der Waals surface area contributed by atoms with E-state index in [2.05, 4.69) is 15.9 Å². The minimum atomic E-state index is -0.583. The molecular weight excluding hydrogens is 357 g/mol. The minimum absolute atomic E-state index is 0.0740. The van der Waals surface area contributed by atoms with Crippen LogP contribution in [0.25, 0.3) is 0 Å². The molecular formula is C16H16BrClFNO. The fraction of sp³-hybridized carbons (Fsp3) is 0.250. The van der Waals surface area contributed by atoms with E-state index in [-0.39, 0.29) is 5.02 Å². The van der Waals surface area contributed by atoms with Gasteiger partial charge in [0.15, 0.2) is 0 Å². The van der Waals surface area contributed by atoms with Crippen LogP contribution < -0.4 is 10.5 Å². The summed E-state index contributed by atoms with van der Waals surface area (Å²) < 4.78 is 20.4. The van der Waals surface area contributed by atoms with E-state index in [1.54, 1.807) is 12.1 Å². The maximum Gasteiger partial charge on any atom is 0.146 e. The first-order valence-corrected chi connectivity index (χ1v) is 7.83. The largest absolute Gasteiger partial charge is 0.492 e. The lowest BCUT2D eigenvalue weighted by Gasteiger charge is -2.16. The third-order valence-corrected chi connectivity index (χ3v) is 4.00. The van der Waals surface area contributed by atoms with Crippen molar-refractivity contribution in [3.63, 3.8) is 0 Å². The molecule has 0 fully saturated rings. The molecule has 1 atom stereocenters. The molecule has 21 heavy (non-hydrogen) atoms. The van der Waals surface area contributed by atoms with Gasteiger partial charge >= 0.3 is 0 Å². The second-order valence-electron chi connectivity index (χ2n) is 4.66. The third kappa shape index (κ3) is 3.76. The highest BCUT2D eigenvalue weighted by Crippen LogP contribution is 2.32. The molecule has 2 rings (SSSR count). The topological polar surface area (TPSA) is 35.2 Å². The van der Waals surface area contributed by atoms with E-state index < -0.39 is 11.9 Å². The van der Waals surface area contributed by atoms with Gasteiger partial charge in [0.1, 0.15) is 11.6 Å². The van der Waals surface area contributed by atoms with Crippen molar-refractivity contribution in [1.29, 1.82) is 0 Å². The first-order chi connectivity index (χ1) is 10.0. The monoisotopic (exact) mass is 371 g/mol. The Kier molecular flexibility index (Phi) is 5.62. The molecule has 0 saturated heterocycles. The Morgan fingerprint density at radius 1 is 1.33 bits per heavy atom. The number of hydrogen-bond donors (Lipinski definition) is 1. The van der Waals surface area contributed by atoms with Crippen LogP contribution in [0.3, 0.4) is 0 Å². The van der Waals surface area contributed by atoms with Crippen LogP contribution >= 0.6 is 27.5 Å². The first kappa shape index (κ1) is 16.3. The zero-order valence-electron chi connectivity index (χ0n) is 11.6. The highest BCUT2D eigenvalue weighted by molar-refractivity contribution is 9.10. The van der Waals surface area contributed by atoms with E-state index in [0.717, 1.165) is 22.2 Å². The highest BCUT2D eigenvalue weighted by Gasteiger charge is 2.16. The summed E-state index contributed by atoms with van der Waals surface area (Å²) in [6.45, 7) is 2.69. The van der Waals surface area contributed by atoms with E-state index >= 15 is 0 Å². The van der Waals surface area contributed by atoms with Crippen LogP contribution in [0.2, 0.25) is 5.02 Å². The summed E-state index contributed by atoms with van der Waals surface area (Å²) in [5.41, 5.74) is 7.30. The fourth-order valence-electron chi connectivity index (χ4n) is 1.98. The number of benzene rings is 2. The van der Waals surface area contributed by atoms with Crippen molar-refractivity contribution in [2.75, 3.05) is 6.61 Å². The molecule has 112 valence electrons. The van der Waals surface area contributed by atoms with Gasteiger partial charge in [0, 0.05) is 5.56 Å². The Hall–Kier alpha value is -1.10. The summed E-state index contributed by atoms with van der Waals surface area (Å²) in [5.74, 6) is 0.272. The lowest BCUT2D eigenvalue weighted by atomic mass is 9.99. The normalized spacial score (nSPS) is 12.2. The van der Waals surface area contributed by atoms with Crippen molar-refractivity contribution in [3.05, 3.63) is 62.8 Å². The van der Waals surface area contributed by atoms with Crippen molar-refractivity contribution in [3.8, 4) is 5.75 Å². The predicted octanol–water partition coefficient (Wildman–Crippen LogP) is 5.08. The number of hydrogen-bond acceptors (Lipinski definition) is 2. The molecule has 2 aromatic rings. The lowest BCUT2D eigenvalue weighted by Crippen LogP contribution is -2.14. The molecule has 2 nitrogen and oxygen atoms in total. The number of rotatable bonds is 5. The van der Waals surface area contributed by atoms with Crippen LogP contribution in [-0.2, 0) is 0 Å². The second-order valence-corrected chi connectivity index (χ2v) is 5.92. The third-order valence-electron chi connectivity index (χ3n) is 3.09. The van der Waals surface area contributed by atoms with Gasteiger partial charge < -0.3 is 10.5 Å². The smallest absolute Gasteiger partial charge is 0.146 e. The molecule has 0 aliphatic carbocycles. The zero-order chi connectivity index (χ0) is 15.4. The molecule has 0 radical (unpaired) electrons. The van der Waals surface area contributed by atoms with Crippen molar-refractivity contribution < 1.29 is 9.13 Å². The van der Waals surface area contributed by atoms with Gasteiger partial charge in [-0.1, -0.05) is 36.7 Å². The summed E-state index contributed by atoms with van der Waals surface area (Å²) in [6.07, 6.45) is 0.932. The summed E-state index contributed by atoms with van der Waals surface area (Å²) in [4.78, 5) is 0. The zero-order valence-corrected chi connectivity index (χ0v) is 13.9. The molecule has 0 saturated carbocycles. The molecule has 1 unspecified atom stereocenters. The first-order valence-electron chi connectivity index (χ1n) is 6.66. The molecule has 5 heteroatoms. The Morgan fingerprint density at radius 3 is 2.76 bits per heavy atom. The van der Waals surface area contributed by atoms with Crippen LogP contribution in [0.15, 0.2) is 40.9 Å². The van der Waals surface area contributed by atoms with Crippen LogP contribution in [0.4, 0.5) is 4.39 Å². The van der Waals surface area contributed by atoms with Gasteiger partial charge in [-0.3, -0.25) is 0 Å². The van der Waals surface area contributed by atoms with E-state index in [0.29, 0.717) is 12.2 Å². The van der Waals surface area contributed by atoms with Gasteiger partial charge in [0.2, 0.25) is 0 Å². The average molecular weight is 373 g/mol. The molecule has 0 spiro atoms. The van der Waals surface area contributed by atoms with Crippen LogP contribution in [-0.4, -0.2) is 6.61 Å². The SMILES string of the molecule is CCCOc1ccc(C(N)c2cccc(Cl)c2F)cc1Br. The Bertz CT molecular complexity index is 636. The van der Waals surface area contributed by atoms with Gasteiger partial charge in [0.25, 0.3) is 0 Å². The molecule has 0 aromatic heterocycles. The quantitative estimate of drug-likeness (QED) is 0.794. The average Bonchev–Trinajstić information content (AvgIpc) is 2.48. The molecule has 0 bridgehead atoms. The van der Waals surface area contributed by atoms with E-state index in [4.69, 9.17) is 22.1 Å². The van der Waals surface area contributed by atoms with Crippen molar-refractivity contribution >= 4 is 27.5 Å². The predicted molar refractivity (Wildman–Crippen MR) is 87.4 cm³/mol. The molecule has 0 aliphatic rings. The van der Waals surface area contributed by atoms with Crippen LogP contribution in [0, 0.1) is 5.82 Å². The Balaban J connectivity index is 2.29. The Morgan fingerprint density at radius 2 is 2.10 bits per heavy atom. The summed E-state index contributed by atoms with van der Waals surface area (Å²) in [7, 11) is 0. The summed E-state index contributed by atoms with van der Waals surface area (Å²) in [6, 6.07) is 9.76. The number of nitrogens with two attached hydrogens (primary N) is 1. The van der Waals surface area contributed by atoms with Gasteiger partial charge in [0.05, 0.1) is 22.1 Å². The van der Waals surface area contributed by atoms with Crippen LogP contribution in [0.5, 0.6) is 5.75 Å². The lowest BCUT2D eigenvalue weighted by molar-refractivity contribution is 0.315. The van der Waals surface area contributed by atoms with Gasteiger partial charge in [-0.25, -0.2) is 4.39 Å². The second kappa shape index (κ2) is 7.25. The van der Waals surface area contributed by atoms with E-state index in [1.807, 2.05) is 25.1 Å². The highest BCUT2D eigenvalue weighted by atomic mass is 79.9. The number of halogens is 3. The van der Waals surface area contributed by atoms with Crippen molar-refractivity contribution in [1.82, 2.24) is 0 Å². The maximum atomic E-state index is 14.0. The van der Waals surface area contributed by atoms with E-state index in [1.165, 1.54) is 6.07 Å². The minimum Gasteiger partial charge on any atom is -0.492 e. The number of ether oxygens (including phenoxy) is 1. The maximum absolute atomic E-state index is 14.0. The summed E-state index contributed by atoms with van der Waals surface area (Å²) >= 11 is 9.25. The summed E-state index contributed by atoms with van der Waals surface area (Å²) in [5, 5.41) is 0.0740. The fourth-order valence-corrected chi connectivity index (χ4v) is 2.67. The van der Waals surface area contributed by atoms with Crippen molar-refractivity contribution in [2.45, 2.75) is 19.4 Å². The molecule has 0 amide bonds. The van der Waals surface area contributed by atoms with Gasteiger partial charge in [-0.05, 0) is 46.1 Å². The Labute approximate surface area is 137 Å². The molecule has 0 heterocycles. The van der Waals surface area contributed by atoms with E-state index in [9.17, 15) is 4.39 Å². The molecule has 2 aromatic carbocycles. The van der Waals surface area contributed by atoms with Crippen LogP contribution in [0.1, 0.15) is 30.5 Å². The van der Waals surface area contributed by atoms with Crippen molar-refractivity contribution in [2.24, 2.45) is 5.73 Å². The van der Waals surface area contributed by atoms with Gasteiger partial charge in [-0.15, -0.1) is 0 Å². The van der Waals surface area contributed by atoms with Gasteiger partial charge in [-0.2, -0.15) is 0 Å². The standard InChI is InChI=1S/C16H16BrClFNO/c1-2-8-21-14-7-6-10(9-12(14)17)16(20)11-4-3-5-13(18)15(11)19/h3-7,9,16H,2,8,20H2,1H3.